The van der Waals surface area contributed by atoms with Gasteiger partial charge >= 0.3 is 5.97 Å². The van der Waals surface area contributed by atoms with E-state index in [9.17, 15) is 18.8 Å². The molecule has 3 rings (SSSR count). The van der Waals surface area contributed by atoms with Gasteiger partial charge in [0.2, 0.25) is 11.8 Å². The summed E-state index contributed by atoms with van der Waals surface area (Å²) in [6.07, 6.45) is -0.0405. The van der Waals surface area contributed by atoms with Gasteiger partial charge in [-0.15, -0.1) is 0 Å². The van der Waals surface area contributed by atoms with Crippen LogP contribution in [0.3, 0.4) is 0 Å². The number of methoxy groups -OCH3 is 1. The number of fused-ring (bicyclic) bond motifs is 1. The first-order chi connectivity index (χ1) is 12.0. The lowest BCUT2D eigenvalue weighted by atomic mass is 9.89. The molecule has 2 aromatic carbocycles. The monoisotopic (exact) mass is 342 g/mol. The number of anilines is 2. The first-order valence-corrected chi connectivity index (χ1v) is 7.56. The molecule has 6 nitrogen and oxygen atoms in total. The fraction of sp³-hybridized carbons (Fsp3) is 0.167. The second-order valence-electron chi connectivity index (χ2n) is 5.60. The SMILES string of the molecule is COC(=O)c1cccc(NC(=O)[C@H]2CC(=O)Nc3cc(F)ccc32)c1. The first-order valence-electron chi connectivity index (χ1n) is 7.56. The standard InChI is InChI=1S/C18H15FN2O4/c1-25-18(24)10-3-2-4-12(7-10)20-17(23)14-9-16(22)21-15-8-11(19)5-6-13(14)15/h2-8,14H,9H2,1H3,(H,20,23)(H,21,22)/t14-/m0/s1. The van der Waals surface area contributed by atoms with E-state index in [1.54, 1.807) is 18.2 Å². The lowest BCUT2D eigenvalue weighted by molar-refractivity contribution is -0.123. The number of carbonyl (C=O) groups is 3. The molecule has 2 amide bonds. The molecule has 0 fully saturated rings. The number of hydrogen-bond donors (Lipinski definition) is 2. The molecule has 0 aromatic heterocycles. The van der Waals surface area contributed by atoms with Crippen molar-refractivity contribution in [3.05, 3.63) is 59.4 Å². The molecule has 128 valence electrons. The van der Waals surface area contributed by atoms with Crippen molar-refractivity contribution in [3.8, 4) is 0 Å². The second-order valence-corrected chi connectivity index (χ2v) is 5.60. The minimum absolute atomic E-state index is 0.0405. The number of ether oxygens (including phenoxy) is 1. The summed E-state index contributed by atoms with van der Waals surface area (Å²) in [5.41, 5.74) is 1.54. The Labute approximate surface area is 143 Å². The zero-order valence-electron chi connectivity index (χ0n) is 13.3. The van der Waals surface area contributed by atoms with Crippen molar-refractivity contribution in [1.82, 2.24) is 0 Å². The summed E-state index contributed by atoms with van der Waals surface area (Å²) in [5, 5.41) is 5.25. The van der Waals surface area contributed by atoms with Crippen LogP contribution in [0.25, 0.3) is 0 Å². The average Bonchev–Trinajstić information content (AvgIpc) is 2.60. The number of halogens is 1. The molecule has 0 radical (unpaired) electrons. The van der Waals surface area contributed by atoms with Crippen molar-refractivity contribution in [2.75, 3.05) is 17.7 Å². The third-order valence-corrected chi connectivity index (χ3v) is 3.92. The zero-order valence-corrected chi connectivity index (χ0v) is 13.3. The van der Waals surface area contributed by atoms with E-state index < -0.39 is 23.6 Å². The van der Waals surface area contributed by atoms with Crippen LogP contribution in [0, 0.1) is 5.82 Å². The molecular formula is C18H15FN2O4. The average molecular weight is 342 g/mol. The molecule has 7 heteroatoms. The number of benzene rings is 2. The maximum Gasteiger partial charge on any atom is 0.337 e. The van der Waals surface area contributed by atoms with Gasteiger partial charge in [0.05, 0.1) is 18.6 Å². The van der Waals surface area contributed by atoms with E-state index in [0.717, 1.165) is 0 Å². The maximum absolute atomic E-state index is 13.4. The Morgan fingerprint density at radius 3 is 2.80 bits per heavy atom. The summed E-state index contributed by atoms with van der Waals surface area (Å²) in [6.45, 7) is 0. The van der Waals surface area contributed by atoms with E-state index in [4.69, 9.17) is 0 Å². The van der Waals surface area contributed by atoms with E-state index >= 15 is 0 Å². The van der Waals surface area contributed by atoms with Crippen LogP contribution in [0.4, 0.5) is 15.8 Å². The van der Waals surface area contributed by atoms with E-state index in [2.05, 4.69) is 15.4 Å². The lowest BCUT2D eigenvalue weighted by Crippen LogP contribution is -2.30. The molecule has 0 bridgehead atoms. The molecule has 1 atom stereocenters. The molecule has 1 aliphatic rings. The van der Waals surface area contributed by atoms with Crippen molar-refractivity contribution in [1.29, 1.82) is 0 Å². The van der Waals surface area contributed by atoms with E-state index in [0.29, 0.717) is 22.5 Å². The molecular weight excluding hydrogens is 327 g/mol. The Morgan fingerprint density at radius 1 is 1.24 bits per heavy atom. The van der Waals surface area contributed by atoms with Crippen LogP contribution in [-0.2, 0) is 14.3 Å². The number of amides is 2. The Hall–Kier alpha value is -3.22. The Morgan fingerprint density at radius 2 is 2.04 bits per heavy atom. The lowest BCUT2D eigenvalue weighted by Gasteiger charge is -2.25. The van der Waals surface area contributed by atoms with Crippen LogP contribution in [0.2, 0.25) is 0 Å². The first kappa shape index (κ1) is 16.6. The van der Waals surface area contributed by atoms with Gasteiger partial charge < -0.3 is 15.4 Å². The van der Waals surface area contributed by atoms with Gasteiger partial charge in [-0.3, -0.25) is 9.59 Å². The van der Waals surface area contributed by atoms with Crippen LogP contribution in [-0.4, -0.2) is 24.9 Å². The highest BCUT2D eigenvalue weighted by molar-refractivity contribution is 6.05. The van der Waals surface area contributed by atoms with Crippen molar-refractivity contribution in [3.63, 3.8) is 0 Å². The molecule has 0 aliphatic carbocycles. The molecule has 0 unspecified atom stereocenters. The molecule has 1 heterocycles. The number of nitrogens with one attached hydrogen (secondary N) is 2. The van der Waals surface area contributed by atoms with Crippen LogP contribution >= 0.6 is 0 Å². The molecule has 0 saturated heterocycles. The number of hydrogen-bond acceptors (Lipinski definition) is 4. The largest absolute Gasteiger partial charge is 0.465 e. The van der Waals surface area contributed by atoms with Gasteiger partial charge in [-0.1, -0.05) is 12.1 Å². The third kappa shape index (κ3) is 3.50. The Balaban J connectivity index is 1.85. The van der Waals surface area contributed by atoms with Crippen molar-refractivity contribution in [2.45, 2.75) is 12.3 Å². The van der Waals surface area contributed by atoms with Crippen LogP contribution in [0.5, 0.6) is 0 Å². The summed E-state index contributed by atoms with van der Waals surface area (Å²) >= 11 is 0. The summed E-state index contributed by atoms with van der Waals surface area (Å²) in [6, 6.07) is 10.2. The Bertz CT molecular complexity index is 866. The van der Waals surface area contributed by atoms with Gasteiger partial charge in [0.1, 0.15) is 5.82 Å². The minimum Gasteiger partial charge on any atom is -0.465 e. The van der Waals surface area contributed by atoms with Gasteiger partial charge in [-0.05, 0) is 35.9 Å². The highest BCUT2D eigenvalue weighted by Gasteiger charge is 2.31. The molecule has 2 aromatic rings. The summed E-state index contributed by atoms with van der Waals surface area (Å²) < 4.78 is 18.0. The quantitative estimate of drug-likeness (QED) is 0.840. The van der Waals surface area contributed by atoms with Gasteiger partial charge in [0.25, 0.3) is 0 Å². The highest BCUT2D eigenvalue weighted by Crippen LogP contribution is 2.33. The van der Waals surface area contributed by atoms with Crippen LogP contribution in [0.15, 0.2) is 42.5 Å². The normalized spacial score (nSPS) is 15.8. The smallest absolute Gasteiger partial charge is 0.337 e. The van der Waals surface area contributed by atoms with E-state index in [-0.39, 0.29) is 12.3 Å². The third-order valence-electron chi connectivity index (χ3n) is 3.92. The number of carbonyl (C=O) groups excluding carboxylic acids is 3. The summed E-state index contributed by atoms with van der Waals surface area (Å²) in [7, 11) is 1.27. The second kappa shape index (κ2) is 6.72. The van der Waals surface area contributed by atoms with Crippen molar-refractivity contribution < 1.29 is 23.5 Å². The van der Waals surface area contributed by atoms with Crippen molar-refractivity contribution >= 4 is 29.2 Å². The predicted molar refractivity (Wildman–Crippen MR) is 88.8 cm³/mol. The fourth-order valence-corrected chi connectivity index (χ4v) is 2.74. The van der Waals surface area contributed by atoms with Gasteiger partial charge in [-0.25, -0.2) is 9.18 Å². The molecule has 1 aliphatic heterocycles. The van der Waals surface area contributed by atoms with Gasteiger partial charge in [0, 0.05) is 17.8 Å². The number of rotatable bonds is 3. The summed E-state index contributed by atoms with van der Waals surface area (Å²) in [5.74, 6) is -2.53. The predicted octanol–water partition coefficient (Wildman–Crippen LogP) is 2.68. The number of esters is 1. The Kier molecular flexibility index (Phi) is 4.47. The zero-order chi connectivity index (χ0) is 18.0. The topological polar surface area (TPSA) is 84.5 Å². The highest BCUT2D eigenvalue weighted by atomic mass is 19.1. The van der Waals surface area contributed by atoms with Gasteiger partial charge in [-0.2, -0.15) is 0 Å². The van der Waals surface area contributed by atoms with Crippen LogP contribution < -0.4 is 10.6 Å². The van der Waals surface area contributed by atoms with E-state index in [1.807, 2.05) is 0 Å². The molecule has 2 N–H and O–H groups in total. The molecule has 0 saturated carbocycles. The van der Waals surface area contributed by atoms with Gasteiger partial charge in [0.15, 0.2) is 0 Å². The molecule has 25 heavy (non-hydrogen) atoms. The maximum atomic E-state index is 13.4. The fourth-order valence-electron chi connectivity index (χ4n) is 2.74. The van der Waals surface area contributed by atoms with E-state index in [1.165, 1.54) is 31.4 Å². The summed E-state index contributed by atoms with van der Waals surface area (Å²) in [4.78, 5) is 36.0. The minimum atomic E-state index is -0.744. The van der Waals surface area contributed by atoms with Crippen LogP contribution in [0.1, 0.15) is 28.3 Å². The van der Waals surface area contributed by atoms with Crippen molar-refractivity contribution in [2.24, 2.45) is 0 Å². The molecule has 0 spiro atoms.